The van der Waals surface area contributed by atoms with Gasteiger partial charge in [0, 0.05) is 18.1 Å². The van der Waals surface area contributed by atoms with Gasteiger partial charge >= 0.3 is 0 Å². The highest BCUT2D eigenvalue weighted by atomic mass is 15.6. The summed E-state index contributed by atoms with van der Waals surface area (Å²) in [4.78, 5) is 4.49. The van der Waals surface area contributed by atoms with Crippen molar-refractivity contribution in [2.45, 2.75) is 6.42 Å². The van der Waals surface area contributed by atoms with E-state index in [1.807, 2.05) is 42.6 Å². The van der Waals surface area contributed by atoms with E-state index in [-0.39, 0.29) is 0 Å². The number of hydrogen-bond acceptors (Lipinski definition) is 5. The average molecular weight is 316 g/mol. The lowest BCUT2D eigenvalue weighted by Gasteiger charge is -2.08. The zero-order valence-electron chi connectivity index (χ0n) is 13.0. The van der Waals surface area contributed by atoms with Crippen molar-refractivity contribution in [3.05, 3.63) is 72.4 Å². The van der Waals surface area contributed by atoms with Crippen LogP contribution in [0.15, 0.2) is 66.9 Å². The van der Waals surface area contributed by atoms with E-state index in [4.69, 9.17) is 0 Å². The van der Waals surface area contributed by atoms with E-state index in [0.717, 1.165) is 29.6 Å². The number of nitrogens with zero attached hydrogens (tertiary/aromatic N) is 5. The van der Waals surface area contributed by atoms with Gasteiger partial charge in [-0.05, 0) is 40.6 Å². The molecule has 0 aliphatic rings. The Kier molecular flexibility index (Phi) is 3.85. The lowest BCUT2D eigenvalue weighted by molar-refractivity contribution is 0.789. The fraction of sp³-hybridized carbons (Fsp3) is 0.111. The maximum atomic E-state index is 4.49. The van der Waals surface area contributed by atoms with Gasteiger partial charge < -0.3 is 5.32 Å². The van der Waals surface area contributed by atoms with Gasteiger partial charge in [-0.3, -0.25) is 4.98 Å². The number of pyridine rings is 1. The lowest BCUT2D eigenvalue weighted by Crippen LogP contribution is -2.11. The van der Waals surface area contributed by atoms with Crippen molar-refractivity contribution in [3.63, 3.8) is 0 Å². The highest BCUT2D eigenvalue weighted by molar-refractivity contribution is 5.81. The van der Waals surface area contributed by atoms with E-state index in [1.165, 1.54) is 5.56 Å². The van der Waals surface area contributed by atoms with Gasteiger partial charge in [0.05, 0.1) is 11.2 Å². The third-order valence-electron chi connectivity index (χ3n) is 3.86. The maximum absolute atomic E-state index is 4.49. The Morgan fingerprint density at radius 2 is 1.79 bits per heavy atom. The molecule has 1 N–H and O–H groups in total. The molecule has 4 rings (SSSR count). The second kappa shape index (κ2) is 6.45. The van der Waals surface area contributed by atoms with Crippen LogP contribution in [0.5, 0.6) is 0 Å². The first kappa shape index (κ1) is 14.3. The molecule has 2 aromatic carbocycles. The summed E-state index contributed by atoms with van der Waals surface area (Å²) >= 11 is 0. The van der Waals surface area contributed by atoms with Crippen molar-refractivity contribution < 1.29 is 0 Å². The molecule has 0 bridgehead atoms. The topological polar surface area (TPSA) is 68.5 Å². The minimum atomic E-state index is 0.634. The van der Waals surface area contributed by atoms with Crippen LogP contribution in [0.2, 0.25) is 0 Å². The number of rotatable bonds is 5. The summed E-state index contributed by atoms with van der Waals surface area (Å²) in [5.41, 5.74) is 3.18. The summed E-state index contributed by atoms with van der Waals surface area (Å²) in [6.07, 6.45) is 2.67. The molecule has 24 heavy (non-hydrogen) atoms. The number of tetrazole rings is 1. The number of nitrogens with one attached hydrogen (secondary N) is 1. The molecule has 118 valence electrons. The number of fused-ring (bicyclic) bond motifs is 1. The molecule has 0 saturated carbocycles. The average Bonchev–Trinajstić information content (AvgIpc) is 3.11. The van der Waals surface area contributed by atoms with E-state index < -0.39 is 0 Å². The number of aromatic nitrogens is 5. The molecule has 0 atom stereocenters. The summed E-state index contributed by atoms with van der Waals surface area (Å²) in [6, 6.07) is 20.1. The first-order valence-corrected chi connectivity index (χ1v) is 7.82. The Morgan fingerprint density at radius 1 is 0.917 bits per heavy atom. The Labute approximate surface area is 139 Å². The van der Waals surface area contributed by atoms with Gasteiger partial charge in [-0.2, -0.15) is 4.68 Å². The standard InChI is InChI=1S/C18H16N6/c1-2-9-16(10-3-1)24-18(21-22-23-24)20-13-11-15-7-4-6-14-8-5-12-19-17(14)15/h1-10,12H,11,13H2,(H,20,21,23). The van der Waals surface area contributed by atoms with Crippen LogP contribution in [0, 0.1) is 0 Å². The molecule has 0 spiro atoms. The van der Waals surface area contributed by atoms with Crippen LogP contribution in [0.1, 0.15) is 5.56 Å². The normalized spacial score (nSPS) is 10.8. The van der Waals surface area contributed by atoms with Gasteiger partial charge in [-0.15, -0.1) is 0 Å². The summed E-state index contributed by atoms with van der Waals surface area (Å²) in [6.45, 7) is 0.725. The third-order valence-corrected chi connectivity index (χ3v) is 3.86. The highest BCUT2D eigenvalue weighted by Crippen LogP contribution is 2.17. The number of hydrogen-bond donors (Lipinski definition) is 1. The molecular formula is C18H16N6. The van der Waals surface area contributed by atoms with Gasteiger partial charge in [0.15, 0.2) is 0 Å². The Hall–Kier alpha value is -3.28. The van der Waals surface area contributed by atoms with E-state index in [0.29, 0.717) is 5.95 Å². The van der Waals surface area contributed by atoms with Crippen LogP contribution in [0.3, 0.4) is 0 Å². The van der Waals surface area contributed by atoms with Crippen molar-refractivity contribution in [3.8, 4) is 5.69 Å². The maximum Gasteiger partial charge on any atom is 0.247 e. The fourth-order valence-electron chi connectivity index (χ4n) is 2.72. The Bertz CT molecular complexity index is 943. The fourth-order valence-corrected chi connectivity index (χ4v) is 2.72. The zero-order valence-corrected chi connectivity index (χ0v) is 13.0. The molecular weight excluding hydrogens is 300 g/mol. The van der Waals surface area contributed by atoms with Crippen LogP contribution in [0.4, 0.5) is 5.95 Å². The number of anilines is 1. The molecule has 6 heteroatoms. The number of benzene rings is 2. The molecule has 0 unspecified atom stereocenters. The van der Waals surface area contributed by atoms with Crippen molar-refractivity contribution >= 4 is 16.9 Å². The molecule has 0 saturated heterocycles. The summed E-state index contributed by atoms with van der Waals surface area (Å²) < 4.78 is 1.70. The van der Waals surface area contributed by atoms with Crippen LogP contribution < -0.4 is 5.32 Å². The number of para-hydroxylation sites is 2. The molecule has 2 heterocycles. The monoisotopic (exact) mass is 316 g/mol. The predicted molar refractivity (Wildman–Crippen MR) is 93.1 cm³/mol. The van der Waals surface area contributed by atoms with E-state index >= 15 is 0 Å². The molecule has 0 radical (unpaired) electrons. The summed E-state index contributed by atoms with van der Waals surface area (Å²) in [5.74, 6) is 0.634. The van der Waals surface area contributed by atoms with Gasteiger partial charge in [-0.25, -0.2) is 0 Å². The first-order valence-electron chi connectivity index (χ1n) is 7.82. The van der Waals surface area contributed by atoms with Gasteiger partial charge in [0.2, 0.25) is 5.95 Å². The molecule has 2 aromatic heterocycles. The summed E-state index contributed by atoms with van der Waals surface area (Å²) in [5, 5.41) is 16.3. The molecule has 6 nitrogen and oxygen atoms in total. The lowest BCUT2D eigenvalue weighted by atomic mass is 10.1. The smallest absolute Gasteiger partial charge is 0.247 e. The Morgan fingerprint density at radius 3 is 2.71 bits per heavy atom. The second-order valence-electron chi connectivity index (χ2n) is 5.42. The zero-order chi connectivity index (χ0) is 16.2. The van der Waals surface area contributed by atoms with Crippen molar-refractivity contribution in [2.75, 3.05) is 11.9 Å². The summed E-state index contributed by atoms with van der Waals surface area (Å²) in [7, 11) is 0. The molecule has 0 aliphatic carbocycles. The van der Waals surface area contributed by atoms with Gasteiger partial charge in [0.1, 0.15) is 0 Å². The van der Waals surface area contributed by atoms with Crippen LogP contribution in [0.25, 0.3) is 16.6 Å². The Balaban J connectivity index is 1.50. The molecule has 0 aliphatic heterocycles. The van der Waals surface area contributed by atoms with Gasteiger partial charge in [0.25, 0.3) is 0 Å². The molecule has 4 aromatic rings. The minimum absolute atomic E-state index is 0.634. The van der Waals surface area contributed by atoms with Crippen LogP contribution >= 0.6 is 0 Å². The first-order chi connectivity index (χ1) is 11.9. The van der Waals surface area contributed by atoms with E-state index in [1.54, 1.807) is 4.68 Å². The van der Waals surface area contributed by atoms with Crippen molar-refractivity contribution in [2.24, 2.45) is 0 Å². The largest absolute Gasteiger partial charge is 0.352 e. The minimum Gasteiger partial charge on any atom is -0.352 e. The van der Waals surface area contributed by atoms with Crippen molar-refractivity contribution in [1.29, 1.82) is 0 Å². The highest BCUT2D eigenvalue weighted by Gasteiger charge is 2.08. The molecule has 0 amide bonds. The van der Waals surface area contributed by atoms with Gasteiger partial charge in [-0.1, -0.05) is 47.6 Å². The SMILES string of the molecule is c1ccc(-n2nnnc2NCCc2cccc3cccnc23)cc1. The second-order valence-corrected chi connectivity index (χ2v) is 5.42. The quantitative estimate of drug-likeness (QED) is 0.613. The predicted octanol–water partition coefficient (Wildman–Crippen LogP) is 2.87. The van der Waals surface area contributed by atoms with E-state index in [2.05, 4.69) is 50.1 Å². The molecule has 0 fully saturated rings. The van der Waals surface area contributed by atoms with Crippen molar-refractivity contribution in [1.82, 2.24) is 25.2 Å². The van der Waals surface area contributed by atoms with E-state index in [9.17, 15) is 0 Å². The van der Waals surface area contributed by atoms with Crippen LogP contribution in [-0.2, 0) is 6.42 Å². The van der Waals surface area contributed by atoms with Crippen LogP contribution in [-0.4, -0.2) is 31.7 Å². The third kappa shape index (κ3) is 2.81.